The van der Waals surface area contributed by atoms with Gasteiger partial charge in [-0.2, -0.15) is 0 Å². The molecule has 624 valence electrons. The Morgan fingerprint density at radius 1 is 0.355 bits per heavy atom. The van der Waals surface area contributed by atoms with Gasteiger partial charge in [0.15, 0.2) is 0 Å². The fraction of sp³-hybridized carbons (Fsp3) is 0.286. The van der Waals surface area contributed by atoms with E-state index in [9.17, 15) is 57.5 Å². The average molecular weight is 1710 g/mol. The molecule has 12 aromatic rings. The van der Waals surface area contributed by atoms with Crippen molar-refractivity contribution in [2.24, 2.45) is 46.6 Å². The zero-order valence-electron chi connectivity index (χ0n) is 66.0. The van der Waals surface area contributed by atoms with Crippen molar-refractivity contribution in [1.29, 1.82) is 0 Å². The third-order valence-electron chi connectivity index (χ3n) is 20.8. The normalized spacial score (nSPS) is 18.7. The maximum atomic E-state index is 13.1. The van der Waals surface area contributed by atoms with Gasteiger partial charge in [-0.25, -0.2) is 24.7 Å². The van der Waals surface area contributed by atoms with Crippen LogP contribution in [0.25, 0.3) is 40.9 Å². The quantitative estimate of drug-likeness (QED) is 0.0508. The molecule has 4 aromatic carbocycles. The number of aliphatic carboxylic acids is 1. The van der Waals surface area contributed by atoms with Crippen LogP contribution < -0.4 is 49.5 Å². The molecule has 121 heavy (non-hydrogen) atoms. The second-order valence-corrected chi connectivity index (χ2v) is 33.4. The molecule has 37 heteroatoms. The van der Waals surface area contributed by atoms with Gasteiger partial charge in [0.1, 0.15) is 0 Å². The predicted octanol–water partition coefficient (Wildman–Crippen LogP) is 10.7. The van der Waals surface area contributed by atoms with Crippen LogP contribution in [0.15, 0.2) is 169 Å². The topological polar surface area (TPSA) is 502 Å². The van der Waals surface area contributed by atoms with Crippen LogP contribution in [0.4, 0.5) is 22.7 Å². The van der Waals surface area contributed by atoms with Crippen molar-refractivity contribution in [3.63, 3.8) is 0 Å². The molecule has 0 spiro atoms. The van der Waals surface area contributed by atoms with E-state index in [-0.39, 0.29) is 63.1 Å². The number of nitrogens with two attached hydrogens (primary N) is 4. The number of carbonyl (C=O) groups is 12. The molecule has 33 nitrogen and oxygen atoms in total. The van der Waals surface area contributed by atoms with Gasteiger partial charge in [-0.05, 0) is 177 Å². The van der Waals surface area contributed by atoms with Crippen molar-refractivity contribution in [2.45, 2.75) is 103 Å². The minimum absolute atomic E-state index is 0.0817. The molecule has 14 N–H and O–H groups in total. The number of piperidine rings is 4. The zero-order valence-corrected chi connectivity index (χ0v) is 69.2. The average Bonchev–Trinajstić information content (AvgIpc) is 1.73. The highest BCUT2D eigenvalue weighted by molar-refractivity contribution is 7.17. The molecule has 8 aromatic heterocycles. The van der Waals surface area contributed by atoms with E-state index in [1.807, 2.05) is 65.4 Å². The van der Waals surface area contributed by atoms with E-state index in [4.69, 9.17) is 28.0 Å². The molecule has 16 rings (SSSR count). The van der Waals surface area contributed by atoms with Crippen LogP contribution in [0.5, 0.6) is 0 Å². The van der Waals surface area contributed by atoms with Crippen molar-refractivity contribution in [3.8, 4) is 0 Å². The number of likely N-dealkylation sites (tertiary alicyclic amines) is 3. The lowest BCUT2D eigenvalue weighted by Gasteiger charge is -2.38. The summed E-state index contributed by atoms with van der Waals surface area (Å²) in [6, 6.07) is 30.0. The Kier molecular flexibility index (Phi) is 28.7. The monoisotopic (exact) mass is 1710 g/mol. The molecule has 4 aliphatic rings. The minimum atomic E-state index is -1.63. The largest absolute Gasteiger partial charge is 0.474 e. The van der Waals surface area contributed by atoms with Crippen LogP contribution in [-0.2, 0) is 38.4 Å². The van der Waals surface area contributed by atoms with Crippen LogP contribution in [-0.4, -0.2) is 157 Å². The molecular formula is C84H86N20O13S4. The first-order valence-corrected chi connectivity index (χ1v) is 42.1. The van der Waals surface area contributed by atoms with Gasteiger partial charge in [0.05, 0.1) is 151 Å². The molecular weight excluding hydrogens is 1630 g/mol. The maximum Gasteiger partial charge on any atom is 0.394 e. The van der Waals surface area contributed by atoms with Gasteiger partial charge in [-0.1, -0.05) is 52.0 Å². The number of pyridine rings is 4. The Morgan fingerprint density at radius 2 is 0.628 bits per heavy atom. The third-order valence-corrected chi connectivity index (χ3v) is 24.0. The van der Waals surface area contributed by atoms with Crippen molar-refractivity contribution in [2.75, 3.05) is 47.4 Å². The third kappa shape index (κ3) is 22.5. The van der Waals surface area contributed by atoms with E-state index < -0.39 is 70.9 Å². The standard InChI is InChI=1S/3C21H21N5O3S.C13H16N2S.C8H7N3O4/c3*1-12-2-4-17(13-3-5-18-16(7-13)24-11-30-18)26(10-12)21(29)20(28)25-15-6-14(19(22)27)8-23-9-15;1-9-2-4-11(14-7-9)10-3-5-13-12(6-10)15-8-16-13;9-6(12)4-1-5(3-10-2-4)11-7(13)8(14)15/h3*3,5-9,11-12,17H,2,4,10H2,1H3,(H2,22,27)(H,25,28);3,5-6,8-9,11,14H,2,4,7H2,1H3;1-3H,(H2,9,12)(H,11,13)(H,14,15)/t3*12-,17+;9-,11+;/m1111./s1. The summed E-state index contributed by atoms with van der Waals surface area (Å²) in [5.74, 6) is -7.99. The second kappa shape index (κ2) is 39.9. The highest BCUT2D eigenvalue weighted by Crippen LogP contribution is 2.39. The number of nitrogens with zero attached hydrogens (tertiary/aromatic N) is 11. The first-order chi connectivity index (χ1) is 58.1. The van der Waals surface area contributed by atoms with Gasteiger partial charge in [0.25, 0.3) is 0 Å². The fourth-order valence-corrected chi connectivity index (χ4v) is 17.1. The van der Waals surface area contributed by atoms with Crippen LogP contribution in [0.3, 0.4) is 0 Å². The van der Waals surface area contributed by atoms with Gasteiger partial charge >= 0.3 is 47.3 Å². The van der Waals surface area contributed by atoms with Gasteiger partial charge in [0.2, 0.25) is 23.6 Å². The first-order valence-electron chi connectivity index (χ1n) is 38.6. The molecule has 0 saturated carbocycles. The predicted molar refractivity (Wildman–Crippen MR) is 459 cm³/mol. The molecule has 0 radical (unpaired) electrons. The molecule has 4 fully saturated rings. The Bertz CT molecular complexity index is 5470. The van der Waals surface area contributed by atoms with E-state index in [2.05, 4.69) is 107 Å². The molecule has 0 aliphatic carbocycles. The summed E-state index contributed by atoms with van der Waals surface area (Å²) in [7, 11) is 0. The van der Waals surface area contributed by atoms with Crippen LogP contribution >= 0.6 is 45.3 Å². The Labute approximate surface area is 708 Å². The lowest BCUT2D eigenvalue weighted by atomic mass is 9.89. The van der Waals surface area contributed by atoms with Crippen LogP contribution in [0.1, 0.15) is 167 Å². The van der Waals surface area contributed by atoms with Crippen LogP contribution in [0, 0.1) is 23.7 Å². The number of nitrogens with one attached hydrogen (secondary N) is 5. The molecule has 4 saturated heterocycles. The summed E-state index contributed by atoms with van der Waals surface area (Å²) in [5.41, 5.74) is 37.5. The summed E-state index contributed by atoms with van der Waals surface area (Å²) in [6.45, 7) is 11.1. The lowest BCUT2D eigenvalue weighted by Crippen LogP contribution is -2.46. The number of thiazole rings is 4. The van der Waals surface area contributed by atoms with Crippen molar-refractivity contribution in [1.82, 2.24) is 59.9 Å². The maximum absolute atomic E-state index is 13.1. The van der Waals surface area contributed by atoms with Crippen molar-refractivity contribution in [3.05, 3.63) is 213 Å². The minimum Gasteiger partial charge on any atom is -0.474 e. The number of aromatic nitrogens is 8. The van der Waals surface area contributed by atoms with E-state index in [0.29, 0.717) is 43.4 Å². The Balaban J connectivity index is 0.000000142. The van der Waals surface area contributed by atoms with E-state index in [1.54, 1.807) is 76.6 Å². The van der Waals surface area contributed by atoms with Crippen molar-refractivity contribution >= 4 is 180 Å². The fourth-order valence-electron chi connectivity index (χ4n) is 14.5. The molecule has 4 aliphatic heterocycles. The number of carbonyl (C=O) groups excluding carboxylic acids is 11. The SMILES string of the molecule is C[C@@H]1CC[C@@H](c2ccc3scnc3c2)N(C(=O)C(=O)Nc2cncc(C(N)=O)c2)C1.C[C@@H]1CC[C@@H](c2ccc3scnc3c2)N(C(=O)C(=O)Nc2cncc(C(N)=O)c2)C1.C[C@@H]1CC[C@@H](c2ccc3scnc3c2)N(C(=O)C(=O)Nc2cncc(C(N)=O)c2)C1.C[C@@H]1CC[C@@H](c2ccc3scnc3c2)NC1.NC(=O)c1cncc(NC(=O)C(=O)O)c1. The number of amides is 11. The molecule has 8 atom stereocenters. The summed E-state index contributed by atoms with van der Waals surface area (Å²) in [5, 5.41) is 21.5. The first kappa shape index (κ1) is 87.0. The van der Waals surface area contributed by atoms with Crippen molar-refractivity contribution < 1.29 is 62.6 Å². The molecule has 11 amide bonds. The lowest BCUT2D eigenvalue weighted by molar-refractivity contribution is -0.147. The summed E-state index contributed by atoms with van der Waals surface area (Å²) in [4.78, 5) is 180. The second-order valence-electron chi connectivity index (χ2n) is 29.9. The Morgan fingerprint density at radius 3 is 0.901 bits per heavy atom. The number of benzene rings is 4. The van der Waals surface area contributed by atoms with Gasteiger partial charge < -0.3 is 69.3 Å². The van der Waals surface area contributed by atoms with Crippen LogP contribution in [0.2, 0.25) is 0 Å². The van der Waals surface area contributed by atoms with Gasteiger partial charge in [0, 0.05) is 50.5 Å². The van der Waals surface area contributed by atoms with Gasteiger partial charge in [-0.15, -0.1) is 45.3 Å². The highest BCUT2D eigenvalue weighted by Gasteiger charge is 2.38. The smallest absolute Gasteiger partial charge is 0.394 e. The number of anilines is 4. The molecule has 12 heterocycles. The number of rotatable bonds is 12. The Hall–Kier alpha value is -13.4. The van der Waals surface area contributed by atoms with E-state index >= 15 is 0 Å². The number of primary amides is 4. The number of carboxylic acids is 1. The zero-order chi connectivity index (χ0) is 86.1. The number of hydrogen-bond donors (Lipinski definition) is 10. The summed E-state index contributed by atoms with van der Waals surface area (Å²) < 4.78 is 4.54. The summed E-state index contributed by atoms with van der Waals surface area (Å²) >= 11 is 6.41. The number of fused-ring (bicyclic) bond motifs is 4. The van der Waals surface area contributed by atoms with Gasteiger partial charge in [-0.3, -0.25) is 72.7 Å². The highest BCUT2D eigenvalue weighted by atomic mass is 32.1. The van der Waals surface area contributed by atoms with E-state index in [0.717, 1.165) is 104 Å². The number of carboxylic acid groups (broad SMARTS) is 1. The summed E-state index contributed by atoms with van der Waals surface area (Å²) in [6.07, 6.45) is 18.2. The molecule has 0 bridgehead atoms. The van der Waals surface area contributed by atoms with E-state index in [1.165, 1.54) is 96.9 Å². The number of hydrogen-bond acceptors (Lipinski definition) is 25. The molecule has 0 unspecified atom stereocenters.